The molecule has 33 heavy (non-hydrogen) atoms. The molecule has 1 aromatic rings. The van der Waals surface area contributed by atoms with Gasteiger partial charge in [-0.15, -0.1) is 24.0 Å². The van der Waals surface area contributed by atoms with Crippen LogP contribution in [-0.4, -0.2) is 85.5 Å². The summed E-state index contributed by atoms with van der Waals surface area (Å²) in [5, 5.41) is 17.5. The third-order valence-electron chi connectivity index (χ3n) is 6.34. The normalized spacial score (nSPS) is 20.7. The zero-order valence-corrected chi connectivity index (χ0v) is 23.0. The molecule has 2 fully saturated rings. The number of morpholine rings is 1. The number of nitrogens with zero attached hydrogens (tertiary/aromatic N) is 3. The second-order valence-corrected chi connectivity index (χ2v) is 9.71. The SMILES string of the molecule is CCNC(=NCc1cccc(CN2CCC(C)CC2)c1)NCC(C)(O)CN1CCOCC1.I. The molecule has 2 aliphatic heterocycles. The molecule has 0 amide bonds. The Morgan fingerprint density at radius 2 is 1.82 bits per heavy atom. The summed E-state index contributed by atoms with van der Waals surface area (Å²) in [7, 11) is 0. The number of ether oxygens (including phenoxy) is 1. The van der Waals surface area contributed by atoms with Gasteiger partial charge in [0, 0.05) is 39.3 Å². The summed E-state index contributed by atoms with van der Waals surface area (Å²) in [6.07, 6.45) is 2.61. The van der Waals surface area contributed by atoms with Gasteiger partial charge in [-0.25, -0.2) is 4.99 Å². The Balaban J connectivity index is 0.00000385. The van der Waals surface area contributed by atoms with Gasteiger partial charge in [0.05, 0.1) is 25.4 Å². The first kappa shape index (κ1) is 28.3. The number of hydrogen-bond donors (Lipinski definition) is 3. The van der Waals surface area contributed by atoms with Gasteiger partial charge in [0.15, 0.2) is 5.96 Å². The fourth-order valence-corrected chi connectivity index (χ4v) is 4.39. The van der Waals surface area contributed by atoms with Crippen LogP contribution >= 0.6 is 24.0 Å². The Labute approximate surface area is 217 Å². The average Bonchev–Trinajstić information content (AvgIpc) is 2.78. The lowest BCUT2D eigenvalue weighted by Crippen LogP contribution is -2.52. The van der Waals surface area contributed by atoms with Gasteiger partial charge >= 0.3 is 0 Å². The summed E-state index contributed by atoms with van der Waals surface area (Å²) in [6.45, 7) is 15.4. The van der Waals surface area contributed by atoms with Crippen LogP contribution in [0, 0.1) is 5.92 Å². The lowest BCUT2D eigenvalue weighted by Gasteiger charge is -2.34. The standard InChI is InChI=1S/C25H43N5O2.HI/c1-4-26-24(28-19-25(3,31)20-30-12-14-32-15-13-30)27-17-22-6-5-7-23(16-22)18-29-10-8-21(2)9-11-29;/h5-7,16,21,31H,4,8-15,17-20H2,1-3H3,(H2,26,27,28);1H. The minimum Gasteiger partial charge on any atom is -0.387 e. The minimum atomic E-state index is -0.834. The van der Waals surface area contributed by atoms with Crippen molar-refractivity contribution >= 4 is 29.9 Å². The average molecular weight is 574 g/mol. The van der Waals surface area contributed by atoms with Crippen LogP contribution in [0.15, 0.2) is 29.3 Å². The Morgan fingerprint density at radius 1 is 1.12 bits per heavy atom. The van der Waals surface area contributed by atoms with E-state index in [0.29, 0.717) is 19.6 Å². The molecule has 0 spiro atoms. The fraction of sp³-hybridized carbons (Fsp3) is 0.720. The van der Waals surface area contributed by atoms with Crippen LogP contribution in [0.2, 0.25) is 0 Å². The number of nitrogens with one attached hydrogen (secondary N) is 2. The summed E-state index contributed by atoms with van der Waals surface area (Å²) < 4.78 is 5.40. The number of piperidine rings is 1. The van der Waals surface area contributed by atoms with Crippen molar-refractivity contribution in [1.82, 2.24) is 20.4 Å². The van der Waals surface area contributed by atoms with Crippen molar-refractivity contribution in [3.8, 4) is 0 Å². The fourth-order valence-electron chi connectivity index (χ4n) is 4.39. The first-order chi connectivity index (χ1) is 15.4. The molecule has 2 saturated heterocycles. The monoisotopic (exact) mass is 573 g/mol. The number of aliphatic imine (C=N–C) groups is 1. The first-order valence-electron chi connectivity index (χ1n) is 12.3. The maximum atomic E-state index is 10.8. The molecule has 0 bridgehead atoms. The van der Waals surface area contributed by atoms with Crippen molar-refractivity contribution in [2.24, 2.45) is 10.9 Å². The molecule has 2 aliphatic rings. The van der Waals surface area contributed by atoms with Gasteiger partial charge < -0.3 is 20.5 Å². The van der Waals surface area contributed by atoms with Crippen molar-refractivity contribution in [2.45, 2.75) is 52.3 Å². The molecule has 1 aromatic carbocycles. The van der Waals surface area contributed by atoms with Crippen molar-refractivity contribution < 1.29 is 9.84 Å². The highest BCUT2D eigenvalue weighted by Crippen LogP contribution is 2.18. The zero-order chi connectivity index (χ0) is 22.8. The summed E-state index contributed by atoms with van der Waals surface area (Å²) in [5.41, 5.74) is 1.74. The lowest BCUT2D eigenvalue weighted by molar-refractivity contribution is -0.0201. The van der Waals surface area contributed by atoms with E-state index < -0.39 is 5.60 Å². The zero-order valence-electron chi connectivity index (χ0n) is 20.7. The second kappa shape index (κ2) is 14.5. The summed E-state index contributed by atoms with van der Waals surface area (Å²) in [5.74, 6) is 1.60. The topological polar surface area (TPSA) is 72.4 Å². The van der Waals surface area contributed by atoms with Gasteiger partial charge in [0.2, 0.25) is 0 Å². The molecular formula is C25H44IN5O2. The van der Waals surface area contributed by atoms with Crippen molar-refractivity contribution in [2.75, 3.05) is 59.0 Å². The van der Waals surface area contributed by atoms with Crippen molar-refractivity contribution in [3.05, 3.63) is 35.4 Å². The molecule has 3 N–H and O–H groups in total. The smallest absolute Gasteiger partial charge is 0.191 e. The van der Waals surface area contributed by atoms with E-state index in [1.165, 1.54) is 37.1 Å². The van der Waals surface area contributed by atoms with E-state index in [1.807, 2.05) is 6.92 Å². The van der Waals surface area contributed by atoms with E-state index in [0.717, 1.165) is 51.3 Å². The molecule has 1 atom stereocenters. The van der Waals surface area contributed by atoms with Gasteiger partial charge in [-0.1, -0.05) is 31.2 Å². The third-order valence-corrected chi connectivity index (χ3v) is 6.34. The van der Waals surface area contributed by atoms with E-state index in [9.17, 15) is 5.11 Å². The lowest BCUT2D eigenvalue weighted by atomic mass is 9.98. The number of rotatable bonds is 9. The summed E-state index contributed by atoms with van der Waals surface area (Å²) in [4.78, 5) is 9.58. The van der Waals surface area contributed by atoms with Gasteiger partial charge in [0.25, 0.3) is 0 Å². The molecule has 188 valence electrons. The minimum absolute atomic E-state index is 0. The molecule has 8 heteroatoms. The Bertz CT molecular complexity index is 717. The number of benzene rings is 1. The highest BCUT2D eigenvalue weighted by atomic mass is 127. The highest BCUT2D eigenvalue weighted by Gasteiger charge is 2.25. The molecule has 0 aliphatic carbocycles. The predicted octanol–water partition coefficient (Wildman–Crippen LogP) is 2.67. The highest BCUT2D eigenvalue weighted by molar-refractivity contribution is 14.0. The number of hydrogen-bond acceptors (Lipinski definition) is 5. The van der Waals surface area contributed by atoms with Crippen LogP contribution < -0.4 is 10.6 Å². The first-order valence-corrected chi connectivity index (χ1v) is 12.3. The van der Waals surface area contributed by atoms with E-state index in [-0.39, 0.29) is 24.0 Å². The number of halogens is 1. The molecular weight excluding hydrogens is 529 g/mol. The third kappa shape index (κ3) is 10.5. The van der Waals surface area contributed by atoms with E-state index in [4.69, 9.17) is 9.73 Å². The molecule has 0 saturated carbocycles. The van der Waals surface area contributed by atoms with E-state index in [1.54, 1.807) is 0 Å². The number of β-amino-alcohol motifs (C(OH)–C–C–N with tert-alkyl or cyclic N) is 1. The Hall–Kier alpha value is -0.940. The maximum absolute atomic E-state index is 10.8. The van der Waals surface area contributed by atoms with Crippen molar-refractivity contribution in [1.29, 1.82) is 0 Å². The molecule has 3 rings (SSSR count). The van der Waals surface area contributed by atoms with E-state index in [2.05, 4.69) is 58.5 Å². The maximum Gasteiger partial charge on any atom is 0.191 e. The largest absolute Gasteiger partial charge is 0.387 e. The molecule has 1 unspecified atom stereocenters. The molecule has 2 heterocycles. The Morgan fingerprint density at radius 3 is 2.52 bits per heavy atom. The van der Waals surface area contributed by atoms with Crippen LogP contribution in [0.4, 0.5) is 0 Å². The van der Waals surface area contributed by atoms with Crippen LogP contribution in [0.3, 0.4) is 0 Å². The molecule has 0 aromatic heterocycles. The van der Waals surface area contributed by atoms with E-state index >= 15 is 0 Å². The number of guanidine groups is 1. The van der Waals surface area contributed by atoms with Gasteiger partial charge in [-0.2, -0.15) is 0 Å². The van der Waals surface area contributed by atoms with Crippen LogP contribution in [0.5, 0.6) is 0 Å². The van der Waals surface area contributed by atoms with Gasteiger partial charge in [0.1, 0.15) is 0 Å². The van der Waals surface area contributed by atoms with Crippen LogP contribution in [-0.2, 0) is 17.8 Å². The van der Waals surface area contributed by atoms with Gasteiger partial charge in [-0.3, -0.25) is 9.80 Å². The number of aliphatic hydroxyl groups is 1. The van der Waals surface area contributed by atoms with Gasteiger partial charge in [-0.05, 0) is 56.8 Å². The summed E-state index contributed by atoms with van der Waals surface area (Å²) in [6, 6.07) is 8.78. The quantitative estimate of drug-likeness (QED) is 0.240. The van der Waals surface area contributed by atoms with Crippen molar-refractivity contribution in [3.63, 3.8) is 0 Å². The van der Waals surface area contributed by atoms with Crippen LogP contribution in [0.25, 0.3) is 0 Å². The molecule has 0 radical (unpaired) electrons. The number of likely N-dealkylation sites (tertiary alicyclic amines) is 1. The summed E-state index contributed by atoms with van der Waals surface area (Å²) >= 11 is 0. The predicted molar refractivity (Wildman–Crippen MR) is 146 cm³/mol. The Kier molecular flexibility index (Phi) is 12.4. The van der Waals surface area contributed by atoms with Crippen LogP contribution in [0.1, 0.15) is 44.7 Å². The second-order valence-electron chi connectivity index (χ2n) is 9.71. The molecule has 7 nitrogen and oxygen atoms in total.